The van der Waals surface area contributed by atoms with Crippen molar-refractivity contribution < 1.29 is 0 Å². The first-order valence-electron chi connectivity index (χ1n) is 1.94. The summed E-state index contributed by atoms with van der Waals surface area (Å²) in [6, 6.07) is 0. The van der Waals surface area contributed by atoms with Gasteiger partial charge in [0.2, 0.25) is 0 Å². The smallest absolute Gasteiger partial charge is 0.0635 e. The zero-order valence-corrected chi connectivity index (χ0v) is 5.69. The molecule has 8 heavy (non-hydrogen) atoms. The Bertz CT molecular complexity index is 141. The van der Waals surface area contributed by atoms with E-state index in [1.54, 1.807) is 11.6 Å². The minimum absolute atomic E-state index is 0.830. The van der Waals surface area contributed by atoms with Gasteiger partial charge in [-0.1, -0.05) is 0 Å². The standard InChI is InChI=1S/C3H5N3S2/c4-6-5-1-3(7)2-8-6/h1-2,7H,4H2. The van der Waals surface area contributed by atoms with Gasteiger partial charge in [0.1, 0.15) is 0 Å². The van der Waals surface area contributed by atoms with Crippen LogP contribution in [0.5, 0.6) is 0 Å². The Hall–Kier alpha value is -0.130. The van der Waals surface area contributed by atoms with Crippen LogP contribution in [0.1, 0.15) is 0 Å². The molecule has 0 aromatic heterocycles. The Morgan fingerprint density at radius 1 is 1.88 bits per heavy atom. The number of hydrazine groups is 1. The van der Waals surface area contributed by atoms with Crippen LogP contribution in [0.4, 0.5) is 0 Å². The molecule has 0 amide bonds. The van der Waals surface area contributed by atoms with E-state index in [4.69, 9.17) is 5.84 Å². The number of nitrogens with two attached hydrogens (primary N) is 1. The Kier molecular flexibility index (Phi) is 1.82. The van der Waals surface area contributed by atoms with E-state index < -0.39 is 0 Å². The second-order valence-corrected chi connectivity index (χ2v) is 2.53. The number of nitrogens with zero attached hydrogens (tertiary/aromatic N) is 2. The SMILES string of the molecule is NN1N=CC(S)=CS1. The van der Waals surface area contributed by atoms with E-state index in [1.807, 2.05) is 0 Å². The first kappa shape index (κ1) is 6.00. The summed E-state index contributed by atoms with van der Waals surface area (Å²) < 4.78 is 1.26. The van der Waals surface area contributed by atoms with Gasteiger partial charge in [-0.15, -0.1) is 12.6 Å². The monoisotopic (exact) mass is 147 g/mol. The summed E-state index contributed by atoms with van der Waals surface area (Å²) in [6.07, 6.45) is 1.58. The van der Waals surface area contributed by atoms with E-state index in [9.17, 15) is 0 Å². The average molecular weight is 147 g/mol. The second kappa shape index (κ2) is 2.43. The zero-order chi connectivity index (χ0) is 5.98. The third-order valence-electron chi connectivity index (χ3n) is 0.585. The summed E-state index contributed by atoms with van der Waals surface area (Å²) >= 11 is 5.31. The topological polar surface area (TPSA) is 41.6 Å². The molecule has 0 aromatic carbocycles. The third kappa shape index (κ3) is 1.43. The van der Waals surface area contributed by atoms with Crippen LogP contribution < -0.4 is 5.84 Å². The van der Waals surface area contributed by atoms with Gasteiger partial charge in [-0.3, -0.25) is 0 Å². The largest absolute Gasteiger partial charge is 0.220 e. The van der Waals surface area contributed by atoms with E-state index in [1.165, 1.54) is 16.5 Å². The highest BCUT2D eigenvalue weighted by Crippen LogP contribution is 2.15. The number of thiol groups is 1. The molecule has 2 N–H and O–H groups in total. The molecule has 0 aliphatic carbocycles. The van der Waals surface area contributed by atoms with Crippen LogP contribution in [0.15, 0.2) is 15.4 Å². The van der Waals surface area contributed by atoms with Gasteiger partial charge in [0, 0.05) is 22.3 Å². The molecule has 0 spiro atoms. The van der Waals surface area contributed by atoms with Crippen LogP contribution in [0, 0.1) is 0 Å². The molecule has 0 fully saturated rings. The molecule has 0 unspecified atom stereocenters. The zero-order valence-electron chi connectivity index (χ0n) is 3.98. The quantitative estimate of drug-likeness (QED) is 0.299. The summed E-state index contributed by atoms with van der Waals surface area (Å²) in [7, 11) is 0. The van der Waals surface area contributed by atoms with Crippen LogP contribution in [-0.2, 0) is 0 Å². The first-order chi connectivity index (χ1) is 3.79. The minimum atomic E-state index is 0.830. The first-order valence-corrected chi connectivity index (χ1v) is 3.22. The lowest BCUT2D eigenvalue weighted by Crippen LogP contribution is -2.17. The number of hydrogen-bond donors (Lipinski definition) is 2. The second-order valence-electron chi connectivity index (χ2n) is 1.20. The number of hydrogen-bond acceptors (Lipinski definition) is 5. The molecule has 0 saturated heterocycles. The molecule has 0 atom stereocenters. The molecule has 1 aliphatic rings. The van der Waals surface area contributed by atoms with E-state index in [-0.39, 0.29) is 0 Å². The van der Waals surface area contributed by atoms with Crippen molar-refractivity contribution in [2.45, 2.75) is 0 Å². The maximum absolute atomic E-state index is 5.22. The van der Waals surface area contributed by atoms with E-state index in [0.29, 0.717) is 0 Å². The highest BCUT2D eigenvalue weighted by molar-refractivity contribution is 8.00. The van der Waals surface area contributed by atoms with Crippen molar-refractivity contribution in [1.29, 1.82) is 0 Å². The van der Waals surface area contributed by atoms with Gasteiger partial charge >= 0.3 is 0 Å². The average Bonchev–Trinajstić information content (AvgIpc) is 1.77. The van der Waals surface area contributed by atoms with E-state index in [2.05, 4.69) is 17.7 Å². The van der Waals surface area contributed by atoms with Crippen LogP contribution in [-0.4, -0.2) is 10.7 Å². The summed E-state index contributed by atoms with van der Waals surface area (Å²) in [6.45, 7) is 0. The fourth-order valence-corrected chi connectivity index (χ4v) is 0.853. The molecule has 3 nitrogen and oxygen atoms in total. The molecule has 44 valence electrons. The van der Waals surface area contributed by atoms with Gasteiger partial charge in [-0.2, -0.15) is 9.62 Å². The van der Waals surface area contributed by atoms with Gasteiger partial charge in [-0.05, 0) is 0 Å². The van der Waals surface area contributed by atoms with Crippen LogP contribution >= 0.6 is 24.6 Å². The molecule has 5 heteroatoms. The summed E-state index contributed by atoms with van der Waals surface area (Å²) in [5.41, 5.74) is 0. The van der Waals surface area contributed by atoms with Crippen molar-refractivity contribution in [2.75, 3.05) is 0 Å². The third-order valence-corrected chi connectivity index (χ3v) is 1.67. The normalized spacial score (nSPS) is 18.8. The Morgan fingerprint density at radius 2 is 2.62 bits per heavy atom. The van der Waals surface area contributed by atoms with Crippen LogP contribution in [0.2, 0.25) is 0 Å². The van der Waals surface area contributed by atoms with Gasteiger partial charge in [0.15, 0.2) is 0 Å². The van der Waals surface area contributed by atoms with Gasteiger partial charge in [0.25, 0.3) is 0 Å². The molecular formula is C3H5N3S2. The van der Waals surface area contributed by atoms with Crippen molar-refractivity contribution in [3.05, 3.63) is 10.3 Å². The van der Waals surface area contributed by atoms with Crippen LogP contribution in [0.3, 0.4) is 0 Å². The molecule has 0 aromatic rings. The van der Waals surface area contributed by atoms with Crippen molar-refractivity contribution in [1.82, 2.24) is 4.52 Å². The molecule has 0 radical (unpaired) electrons. The van der Waals surface area contributed by atoms with Crippen molar-refractivity contribution in [2.24, 2.45) is 10.9 Å². The minimum Gasteiger partial charge on any atom is -0.220 e. The van der Waals surface area contributed by atoms with Gasteiger partial charge in [0.05, 0.1) is 6.21 Å². The summed E-state index contributed by atoms with van der Waals surface area (Å²) in [4.78, 5) is 0.830. The van der Waals surface area contributed by atoms with Crippen LogP contribution in [0.25, 0.3) is 0 Å². The van der Waals surface area contributed by atoms with Crippen molar-refractivity contribution in [3.63, 3.8) is 0 Å². The lowest BCUT2D eigenvalue weighted by Gasteiger charge is -2.09. The van der Waals surface area contributed by atoms with E-state index in [0.717, 1.165) is 4.91 Å². The maximum atomic E-state index is 5.22. The molecular weight excluding hydrogens is 142 g/mol. The highest BCUT2D eigenvalue weighted by Gasteiger charge is 1.96. The lowest BCUT2D eigenvalue weighted by molar-refractivity contribution is 0.541. The van der Waals surface area contributed by atoms with Crippen molar-refractivity contribution in [3.8, 4) is 0 Å². The number of rotatable bonds is 0. The fraction of sp³-hybridized carbons (Fsp3) is 0. The predicted molar refractivity (Wildman–Crippen MR) is 39.2 cm³/mol. The summed E-state index contributed by atoms with van der Waals surface area (Å²) in [5, 5.41) is 5.52. The van der Waals surface area contributed by atoms with Gasteiger partial charge in [-0.25, -0.2) is 5.84 Å². The summed E-state index contributed by atoms with van der Waals surface area (Å²) in [5.74, 6) is 5.22. The Labute approximate surface area is 57.1 Å². The lowest BCUT2D eigenvalue weighted by atomic mass is 10.7. The van der Waals surface area contributed by atoms with Crippen molar-refractivity contribution >= 4 is 30.8 Å². The predicted octanol–water partition coefficient (Wildman–Crippen LogP) is 0.581. The molecule has 1 aliphatic heterocycles. The van der Waals surface area contributed by atoms with E-state index >= 15 is 0 Å². The maximum Gasteiger partial charge on any atom is 0.0635 e. The number of allylic oxidation sites excluding steroid dienone is 1. The molecule has 1 heterocycles. The fourth-order valence-electron chi connectivity index (χ4n) is 0.282. The molecule has 0 saturated carbocycles. The molecule has 0 bridgehead atoms. The van der Waals surface area contributed by atoms with Gasteiger partial charge < -0.3 is 0 Å². The highest BCUT2D eigenvalue weighted by atomic mass is 32.2. The molecule has 1 rings (SSSR count). The Balaban J connectivity index is 2.58. The number of hydrazone groups is 1. The Morgan fingerprint density at radius 3 is 3.00 bits per heavy atom.